The third-order valence-corrected chi connectivity index (χ3v) is 8.02. The number of hydrogen-bond donors (Lipinski definition) is 3. The van der Waals surface area contributed by atoms with Crippen molar-refractivity contribution in [3.05, 3.63) is 0 Å². The summed E-state index contributed by atoms with van der Waals surface area (Å²) >= 11 is 0. The molecule has 0 aromatic heterocycles. The fourth-order valence-electron chi connectivity index (χ4n) is 5.34. The van der Waals surface area contributed by atoms with Gasteiger partial charge < -0.3 is 24.8 Å². The van der Waals surface area contributed by atoms with Crippen LogP contribution in [0.25, 0.3) is 0 Å². The van der Waals surface area contributed by atoms with Gasteiger partial charge >= 0.3 is 0 Å². The molecule has 242 valence electrons. The maximum absolute atomic E-state index is 10.1. The fourth-order valence-corrected chi connectivity index (χ4v) is 5.34. The van der Waals surface area contributed by atoms with E-state index in [4.69, 9.17) is 9.47 Å². The molecule has 0 aromatic rings. The van der Waals surface area contributed by atoms with E-state index in [0.29, 0.717) is 0 Å². The van der Waals surface area contributed by atoms with Gasteiger partial charge in [-0.15, -0.1) is 0 Å². The summed E-state index contributed by atoms with van der Waals surface area (Å²) in [4.78, 5) is 0. The third-order valence-electron chi connectivity index (χ3n) is 8.02. The second kappa shape index (κ2) is 33.3. The summed E-state index contributed by atoms with van der Waals surface area (Å²) in [6.07, 6.45) is 31.4. The molecule has 0 spiro atoms. The lowest BCUT2D eigenvalue weighted by Gasteiger charge is -2.16. The summed E-state index contributed by atoms with van der Waals surface area (Å²) < 4.78 is 11.0. The highest BCUT2D eigenvalue weighted by molar-refractivity contribution is 4.60. The highest BCUT2D eigenvalue weighted by Crippen LogP contribution is 2.14. The summed E-state index contributed by atoms with van der Waals surface area (Å²) in [7, 11) is 0. The predicted molar refractivity (Wildman–Crippen MR) is 171 cm³/mol. The monoisotopic (exact) mass is 573 g/mol. The molecular weight excluding hydrogens is 500 g/mol. The molecule has 0 amide bonds. The highest BCUT2D eigenvalue weighted by atomic mass is 16.5. The Balaban J connectivity index is 3.37. The zero-order chi connectivity index (χ0) is 29.4. The quantitative estimate of drug-likeness (QED) is 0.0670. The molecule has 0 fully saturated rings. The van der Waals surface area contributed by atoms with Crippen LogP contribution in [0.4, 0.5) is 0 Å². The zero-order valence-electron chi connectivity index (χ0n) is 27.1. The molecule has 5 nitrogen and oxygen atoms in total. The lowest BCUT2D eigenvalue weighted by atomic mass is 10.0. The second-order valence-corrected chi connectivity index (χ2v) is 12.4. The molecule has 0 heterocycles. The molecule has 0 aliphatic carbocycles. The van der Waals surface area contributed by atoms with Gasteiger partial charge in [0.2, 0.25) is 0 Å². The van der Waals surface area contributed by atoms with E-state index >= 15 is 0 Å². The van der Waals surface area contributed by atoms with Crippen LogP contribution < -0.4 is 0 Å². The molecule has 3 N–H and O–H groups in total. The molecule has 0 aliphatic heterocycles. The van der Waals surface area contributed by atoms with Crippen LogP contribution in [0.2, 0.25) is 0 Å². The van der Waals surface area contributed by atoms with Crippen molar-refractivity contribution >= 4 is 0 Å². The maximum atomic E-state index is 10.1. The van der Waals surface area contributed by atoms with E-state index in [2.05, 4.69) is 13.8 Å². The van der Waals surface area contributed by atoms with Crippen molar-refractivity contribution in [2.75, 3.05) is 26.4 Å². The van der Waals surface area contributed by atoms with Crippen LogP contribution in [0.15, 0.2) is 0 Å². The van der Waals surface area contributed by atoms with E-state index in [0.717, 1.165) is 25.7 Å². The first kappa shape index (κ1) is 39.8. The highest BCUT2D eigenvalue weighted by Gasteiger charge is 2.10. The van der Waals surface area contributed by atoms with Gasteiger partial charge in [-0.05, 0) is 12.8 Å². The second-order valence-electron chi connectivity index (χ2n) is 12.4. The topological polar surface area (TPSA) is 79.2 Å². The molecule has 0 radical (unpaired) electrons. The van der Waals surface area contributed by atoms with Crippen LogP contribution in [0.1, 0.15) is 181 Å². The van der Waals surface area contributed by atoms with Gasteiger partial charge in [0.25, 0.3) is 0 Å². The molecule has 2 unspecified atom stereocenters. The molecule has 0 aliphatic rings. The Hall–Kier alpha value is -0.200. The normalized spacial score (nSPS) is 14.0. The SMILES string of the molecule is CCCCCCCCCCCCCCC(O)COCC(O)COCC(O)CCCCCCCCCCCCCC. The lowest BCUT2D eigenvalue weighted by molar-refractivity contribution is -0.0540. The average Bonchev–Trinajstić information content (AvgIpc) is 2.94. The number of hydrogen-bond acceptors (Lipinski definition) is 5. The number of rotatable bonds is 34. The van der Waals surface area contributed by atoms with Gasteiger partial charge in [-0.2, -0.15) is 0 Å². The van der Waals surface area contributed by atoms with Crippen molar-refractivity contribution in [2.45, 2.75) is 199 Å². The van der Waals surface area contributed by atoms with Crippen LogP contribution in [0.5, 0.6) is 0 Å². The van der Waals surface area contributed by atoms with Gasteiger partial charge in [0, 0.05) is 0 Å². The van der Waals surface area contributed by atoms with Gasteiger partial charge in [0.1, 0.15) is 6.10 Å². The van der Waals surface area contributed by atoms with E-state index in [1.807, 2.05) is 0 Å². The van der Waals surface area contributed by atoms with Crippen molar-refractivity contribution < 1.29 is 24.8 Å². The Morgan fingerprint density at radius 2 is 0.550 bits per heavy atom. The molecule has 0 saturated heterocycles. The number of ether oxygens (including phenoxy) is 2. The number of aliphatic hydroxyl groups is 3. The molecule has 0 rings (SSSR count). The minimum Gasteiger partial charge on any atom is -0.391 e. The van der Waals surface area contributed by atoms with Crippen molar-refractivity contribution in [3.8, 4) is 0 Å². The van der Waals surface area contributed by atoms with Crippen LogP contribution in [0.3, 0.4) is 0 Å². The van der Waals surface area contributed by atoms with E-state index in [-0.39, 0.29) is 26.4 Å². The first-order valence-corrected chi connectivity index (χ1v) is 17.8. The molecular formula is C35H72O5. The lowest BCUT2D eigenvalue weighted by Crippen LogP contribution is -2.27. The van der Waals surface area contributed by atoms with Crippen molar-refractivity contribution in [3.63, 3.8) is 0 Å². The summed E-state index contributed by atoms with van der Waals surface area (Å²) in [6.45, 7) is 5.37. The van der Waals surface area contributed by atoms with E-state index < -0.39 is 18.3 Å². The van der Waals surface area contributed by atoms with Gasteiger partial charge in [-0.3, -0.25) is 0 Å². The Kier molecular flexibility index (Phi) is 33.1. The molecule has 0 saturated carbocycles. The standard InChI is InChI=1S/C35H72O5/c1-3-5-7-9-11-13-15-17-19-21-23-25-27-33(36)29-39-31-35(38)32-40-30-34(37)28-26-24-22-20-18-16-14-12-10-8-6-4-2/h33-38H,3-32H2,1-2H3. The van der Waals surface area contributed by atoms with Crippen LogP contribution >= 0.6 is 0 Å². The predicted octanol–water partition coefficient (Wildman–Crippen LogP) is 9.28. The smallest absolute Gasteiger partial charge is 0.101 e. The van der Waals surface area contributed by atoms with E-state index in [9.17, 15) is 15.3 Å². The average molecular weight is 573 g/mol. The number of unbranched alkanes of at least 4 members (excludes halogenated alkanes) is 22. The summed E-state index contributed by atoms with van der Waals surface area (Å²) in [6, 6.07) is 0. The van der Waals surface area contributed by atoms with Crippen LogP contribution in [-0.2, 0) is 9.47 Å². The van der Waals surface area contributed by atoms with Gasteiger partial charge in [-0.1, -0.05) is 168 Å². The molecule has 40 heavy (non-hydrogen) atoms. The Morgan fingerprint density at radius 3 is 0.825 bits per heavy atom. The first-order valence-electron chi connectivity index (χ1n) is 17.8. The molecule has 0 aromatic carbocycles. The Bertz CT molecular complexity index is 421. The molecule has 2 atom stereocenters. The summed E-state index contributed by atoms with van der Waals surface area (Å²) in [5.74, 6) is 0. The van der Waals surface area contributed by atoms with Crippen LogP contribution in [0, 0.1) is 0 Å². The first-order chi connectivity index (χ1) is 19.6. The van der Waals surface area contributed by atoms with E-state index in [1.54, 1.807) is 0 Å². The summed E-state index contributed by atoms with van der Waals surface area (Å²) in [5.41, 5.74) is 0. The Labute approximate surface area is 250 Å². The van der Waals surface area contributed by atoms with Crippen molar-refractivity contribution in [2.24, 2.45) is 0 Å². The fraction of sp³-hybridized carbons (Fsp3) is 1.00. The maximum Gasteiger partial charge on any atom is 0.101 e. The van der Waals surface area contributed by atoms with Crippen molar-refractivity contribution in [1.29, 1.82) is 0 Å². The number of aliphatic hydroxyl groups excluding tert-OH is 3. The van der Waals surface area contributed by atoms with E-state index in [1.165, 1.54) is 141 Å². The minimum absolute atomic E-state index is 0.157. The summed E-state index contributed by atoms with van der Waals surface area (Å²) in [5, 5.41) is 30.3. The van der Waals surface area contributed by atoms with Gasteiger partial charge in [0.05, 0.1) is 38.6 Å². The third kappa shape index (κ3) is 32.3. The molecule has 0 bridgehead atoms. The van der Waals surface area contributed by atoms with Gasteiger partial charge in [0.15, 0.2) is 0 Å². The minimum atomic E-state index is -0.724. The largest absolute Gasteiger partial charge is 0.391 e. The zero-order valence-corrected chi connectivity index (χ0v) is 27.1. The Morgan fingerprint density at radius 1 is 0.325 bits per heavy atom. The van der Waals surface area contributed by atoms with Crippen LogP contribution in [-0.4, -0.2) is 60.1 Å². The van der Waals surface area contributed by atoms with Gasteiger partial charge in [-0.25, -0.2) is 0 Å². The molecule has 5 heteroatoms. The van der Waals surface area contributed by atoms with Crippen molar-refractivity contribution in [1.82, 2.24) is 0 Å².